The van der Waals surface area contributed by atoms with Crippen LogP contribution in [0.1, 0.15) is 72.9 Å². The van der Waals surface area contributed by atoms with Gasteiger partial charge in [0.15, 0.2) is 0 Å². The average molecular weight is 615 g/mol. The van der Waals surface area contributed by atoms with E-state index in [1.165, 1.54) is 30.0 Å². The Bertz CT molecular complexity index is 1770. The molecule has 5 heterocycles. The van der Waals surface area contributed by atoms with Gasteiger partial charge in [-0.2, -0.15) is 5.10 Å². The monoisotopic (exact) mass is 614 g/mol. The summed E-state index contributed by atoms with van der Waals surface area (Å²) in [6.07, 6.45) is 7.15. The fourth-order valence-electron chi connectivity index (χ4n) is 7.41. The lowest BCUT2D eigenvalue weighted by Gasteiger charge is -2.34. The first kappa shape index (κ1) is 29.9. The maximum Gasteiger partial charge on any atom is 0.255 e. The number of benzene rings is 1. The molecule has 2 amide bonds. The minimum atomic E-state index is -0.451. The lowest BCUT2D eigenvalue weighted by atomic mass is 9.88. The predicted octanol–water partition coefficient (Wildman–Crippen LogP) is 5.12. The van der Waals surface area contributed by atoms with E-state index in [4.69, 9.17) is 15.6 Å². The third kappa shape index (κ3) is 5.52. The third-order valence-electron chi connectivity index (χ3n) is 10.2. The van der Waals surface area contributed by atoms with Gasteiger partial charge < -0.3 is 24.8 Å². The Morgan fingerprint density at radius 3 is 2.56 bits per heavy atom. The highest BCUT2D eigenvalue weighted by atomic mass is 19.1. The zero-order valence-electron chi connectivity index (χ0n) is 26.5. The van der Waals surface area contributed by atoms with Crippen LogP contribution in [0.15, 0.2) is 36.5 Å². The lowest BCUT2D eigenvalue weighted by molar-refractivity contribution is -0.142. The van der Waals surface area contributed by atoms with E-state index in [2.05, 4.69) is 28.8 Å². The number of amides is 2. The number of aromatic nitrogens is 3. The summed E-state index contributed by atoms with van der Waals surface area (Å²) < 4.78 is 25.0. The average Bonchev–Trinajstić information content (AvgIpc) is 3.71. The second-order valence-corrected chi connectivity index (χ2v) is 13.3. The van der Waals surface area contributed by atoms with Gasteiger partial charge in [0.25, 0.3) is 11.8 Å². The van der Waals surface area contributed by atoms with Gasteiger partial charge in [0.2, 0.25) is 0 Å². The van der Waals surface area contributed by atoms with Crippen molar-refractivity contribution < 1.29 is 18.7 Å². The SMILES string of the molecule is COC(C)C(=O)N1CCC(c2cccc3cc(-c4nn5cc(C(=O)N6CCC[C@@H](N)C6)cc(F)c5c4C)n(CC4CC4)c23)CC1. The Hall–Kier alpha value is -3.76. The molecular formula is C35H43FN6O3. The molecule has 238 valence electrons. The number of methoxy groups -OCH3 is 1. The maximum absolute atomic E-state index is 15.7. The van der Waals surface area contributed by atoms with E-state index in [-0.39, 0.29) is 23.4 Å². The van der Waals surface area contributed by atoms with Crippen molar-refractivity contribution in [3.8, 4) is 11.4 Å². The van der Waals surface area contributed by atoms with Gasteiger partial charge >= 0.3 is 0 Å². The van der Waals surface area contributed by atoms with Crippen LogP contribution in [0.25, 0.3) is 27.8 Å². The lowest BCUT2D eigenvalue weighted by Crippen LogP contribution is -2.45. The number of likely N-dealkylation sites (tertiary alicyclic amines) is 2. The number of para-hydroxylation sites is 1. The van der Waals surface area contributed by atoms with E-state index in [0.29, 0.717) is 43.5 Å². The normalized spacial score (nSPS) is 20.3. The van der Waals surface area contributed by atoms with E-state index in [1.54, 1.807) is 29.6 Å². The number of nitrogens with zero attached hydrogens (tertiary/aromatic N) is 5. The Labute approximate surface area is 263 Å². The van der Waals surface area contributed by atoms with Gasteiger partial charge in [-0.3, -0.25) is 9.59 Å². The van der Waals surface area contributed by atoms with Crippen LogP contribution >= 0.6 is 0 Å². The smallest absolute Gasteiger partial charge is 0.255 e. The van der Waals surface area contributed by atoms with Crippen LogP contribution in [0.3, 0.4) is 0 Å². The summed E-state index contributed by atoms with van der Waals surface area (Å²) in [7, 11) is 1.57. The maximum atomic E-state index is 15.7. The molecule has 4 aromatic rings. The van der Waals surface area contributed by atoms with E-state index in [1.807, 2.05) is 11.8 Å². The first-order valence-corrected chi connectivity index (χ1v) is 16.4. The molecule has 2 atom stereocenters. The summed E-state index contributed by atoms with van der Waals surface area (Å²) >= 11 is 0. The van der Waals surface area contributed by atoms with E-state index >= 15 is 4.39 Å². The minimum Gasteiger partial charge on any atom is -0.372 e. The summed E-state index contributed by atoms with van der Waals surface area (Å²) in [6, 6.07) is 9.98. The standard InChI is InChI=1S/C35H43FN6O3/c1-21-31(38-42-19-26(16-29(36)32(21)42)35(44)40-13-5-7-27(37)20-40)30-17-25-6-4-8-28(33(25)41(30)18-23-9-10-23)24-11-14-39(15-12-24)34(43)22(2)45-3/h4,6,8,16-17,19,22-24,27H,5,7,9-15,18,20,37H2,1-3H3/t22?,27-/m1/s1. The van der Waals surface area contributed by atoms with Crippen LogP contribution in [-0.2, 0) is 16.1 Å². The molecular weight excluding hydrogens is 571 g/mol. The van der Waals surface area contributed by atoms with Crippen LogP contribution in [-0.4, -0.2) is 81.2 Å². The van der Waals surface area contributed by atoms with Crippen LogP contribution < -0.4 is 5.73 Å². The number of halogens is 1. The molecule has 3 aromatic heterocycles. The minimum absolute atomic E-state index is 0.0486. The summed E-state index contributed by atoms with van der Waals surface area (Å²) in [5.41, 5.74) is 11.8. The Morgan fingerprint density at radius 1 is 1.07 bits per heavy atom. The zero-order valence-corrected chi connectivity index (χ0v) is 26.5. The number of ether oxygens (including phenoxy) is 1. The molecule has 0 spiro atoms. The highest BCUT2D eigenvalue weighted by Gasteiger charge is 2.31. The Kier molecular flexibility index (Phi) is 7.90. The van der Waals surface area contributed by atoms with E-state index in [9.17, 15) is 9.59 Å². The molecule has 9 nitrogen and oxygen atoms in total. The Morgan fingerprint density at radius 2 is 1.84 bits per heavy atom. The number of pyridine rings is 1. The van der Waals surface area contributed by atoms with Gasteiger partial charge in [-0.05, 0) is 81.9 Å². The second kappa shape index (κ2) is 11.9. The molecule has 3 aliphatic rings. The number of aryl methyl sites for hydroxylation is 1. The van der Waals surface area contributed by atoms with Crippen molar-refractivity contribution in [3.63, 3.8) is 0 Å². The summed E-state index contributed by atoms with van der Waals surface area (Å²) in [4.78, 5) is 29.7. The molecule has 10 heteroatoms. The van der Waals surface area contributed by atoms with Crippen molar-refractivity contribution >= 4 is 28.2 Å². The van der Waals surface area contributed by atoms with Gasteiger partial charge in [-0.25, -0.2) is 8.91 Å². The number of fused-ring (bicyclic) bond motifs is 2. The molecule has 1 saturated carbocycles. The third-order valence-corrected chi connectivity index (χ3v) is 10.2. The molecule has 1 unspecified atom stereocenters. The topological polar surface area (TPSA) is 98.1 Å². The highest BCUT2D eigenvalue weighted by molar-refractivity contribution is 5.95. The van der Waals surface area contributed by atoms with Gasteiger partial charge in [0.1, 0.15) is 23.1 Å². The summed E-state index contributed by atoms with van der Waals surface area (Å²) in [5, 5.41) is 6.07. The van der Waals surface area contributed by atoms with E-state index < -0.39 is 11.9 Å². The van der Waals surface area contributed by atoms with Crippen molar-refractivity contribution in [3.05, 3.63) is 59.0 Å². The van der Waals surface area contributed by atoms with Crippen LogP contribution in [0.5, 0.6) is 0 Å². The number of rotatable bonds is 7. The second-order valence-electron chi connectivity index (χ2n) is 13.3. The predicted molar refractivity (Wildman–Crippen MR) is 172 cm³/mol. The molecule has 0 bridgehead atoms. The van der Waals surface area contributed by atoms with Crippen LogP contribution in [0.2, 0.25) is 0 Å². The summed E-state index contributed by atoms with van der Waals surface area (Å²) in [6.45, 7) is 7.12. The van der Waals surface area contributed by atoms with Crippen molar-refractivity contribution in [2.45, 2.75) is 77.0 Å². The molecule has 2 aliphatic heterocycles. The van der Waals surface area contributed by atoms with Crippen LogP contribution in [0.4, 0.5) is 4.39 Å². The number of hydrogen-bond acceptors (Lipinski definition) is 5. The zero-order chi connectivity index (χ0) is 31.4. The first-order chi connectivity index (χ1) is 21.7. The van der Waals surface area contributed by atoms with Crippen molar-refractivity contribution in [2.24, 2.45) is 11.7 Å². The molecule has 3 fully saturated rings. The fourth-order valence-corrected chi connectivity index (χ4v) is 7.41. The van der Waals surface area contributed by atoms with Gasteiger partial charge in [-0.15, -0.1) is 0 Å². The van der Waals surface area contributed by atoms with E-state index in [0.717, 1.165) is 54.6 Å². The number of carbonyl (C=O) groups is 2. The van der Waals surface area contributed by atoms with Crippen molar-refractivity contribution in [2.75, 3.05) is 33.3 Å². The van der Waals surface area contributed by atoms with Gasteiger partial charge in [0, 0.05) is 63.0 Å². The number of hydrogen-bond donors (Lipinski definition) is 1. The molecule has 2 saturated heterocycles. The van der Waals surface area contributed by atoms with Gasteiger partial charge in [0.05, 0.1) is 16.8 Å². The molecule has 2 N–H and O–H groups in total. The van der Waals surface area contributed by atoms with Crippen LogP contribution in [0, 0.1) is 18.7 Å². The molecule has 1 aromatic carbocycles. The molecule has 7 rings (SSSR count). The molecule has 0 radical (unpaired) electrons. The fraction of sp³-hybridized carbons (Fsp3) is 0.514. The highest BCUT2D eigenvalue weighted by Crippen LogP contribution is 2.41. The largest absolute Gasteiger partial charge is 0.372 e. The Balaban J connectivity index is 1.26. The first-order valence-electron chi connectivity index (χ1n) is 16.4. The molecule has 1 aliphatic carbocycles. The summed E-state index contributed by atoms with van der Waals surface area (Å²) in [5.74, 6) is 0.321. The quantitative estimate of drug-likeness (QED) is 0.312. The number of nitrogens with two attached hydrogens (primary N) is 1. The van der Waals surface area contributed by atoms with Crippen molar-refractivity contribution in [1.29, 1.82) is 0 Å². The number of carbonyl (C=O) groups excluding carboxylic acids is 2. The van der Waals surface area contributed by atoms with Crippen molar-refractivity contribution in [1.82, 2.24) is 24.0 Å². The van der Waals surface area contributed by atoms with Gasteiger partial charge in [-0.1, -0.05) is 18.2 Å². The number of piperidine rings is 2. The molecule has 45 heavy (non-hydrogen) atoms.